The molecule has 0 spiro atoms. The van der Waals surface area contributed by atoms with Crippen LogP contribution in [-0.2, 0) is 26.2 Å². The summed E-state index contributed by atoms with van der Waals surface area (Å²) in [5.74, 6) is -2.74. The molecule has 1 aromatic carbocycles. The van der Waals surface area contributed by atoms with E-state index < -0.39 is 42.5 Å². The second kappa shape index (κ2) is 13.1. The molecule has 2 N–H and O–H groups in total. The number of amides is 2. The molecule has 0 aliphatic rings. The van der Waals surface area contributed by atoms with Crippen molar-refractivity contribution in [3.8, 4) is 5.75 Å². The minimum atomic E-state index is -4.96. The molecular formula is C25H24F5N9O3. The van der Waals surface area contributed by atoms with E-state index in [9.17, 15) is 31.5 Å². The summed E-state index contributed by atoms with van der Waals surface area (Å²) in [6.07, 6.45) is -2.19. The van der Waals surface area contributed by atoms with Crippen LogP contribution in [0.4, 0.5) is 22.0 Å². The Bertz CT molecular complexity index is 1520. The normalized spacial score (nSPS) is 12.1. The zero-order valence-corrected chi connectivity index (χ0v) is 22.0. The van der Waals surface area contributed by atoms with Crippen LogP contribution in [0, 0.1) is 12.7 Å². The van der Waals surface area contributed by atoms with Crippen LogP contribution in [0.2, 0.25) is 0 Å². The summed E-state index contributed by atoms with van der Waals surface area (Å²) >= 11 is 0. The zero-order valence-electron chi connectivity index (χ0n) is 22.0. The average molecular weight is 594 g/mol. The minimum absolute atomic E-state index is 0.0174. The first-order chi connectivity index (χ1) is 19.9. The number of aryl methyl sites for hydroxylation is 2. The Kier molecular flexibility index (Phi) is 9.39. The standard InChI is InChI=1S/C25H24F5N9O3/c1-15-2-3-16(9-31-15)10-32-23(40)21-13-38(36-34-21)7-6-18(26)12-39-14-22(35-37-39)24(41)33-11-17-8-19(4-5-20(17)27)42-25(28,29)30/h2-5,8-9,13-14,18H,6-7,10-12H2,1H3,(H,32,40)(H,33,41). The minimum Gasteiger partial charge on any atom is -0.406 e. The fourth-order valence-corrected chi connectivity index (χ4v) is 3.60. The van der Waals surface area contributed by atoms with Gasteiger partial charge in [0.1, 0.15) is 17.7 Å². The van der Waals surface area contributed by atoms with Crippen LogP contribution in [0.5, 0.6) is 5.75 Å². The van der Waals surface area contributed by atoms with Crippen LogP contribution in [0.3, 0.4) is 0 Å². The summed E-state index contributed by atoms with van der Waals surface area (Å²) in [5, 5.41) is 20.0. The van der Waals surface area contributed by atoms with Gasteiger partial charge < -0.3 is 15.4 Å². The van der Waals surface area contributed by atoms with Crippen LogP contribution in [0.25, 0.3) is 0 Å². The van der Waals surface area contributed by atoms with Gasteiger partial charge in [-0.15, -0.1) is 23.4 Å². The highest BCUT2D eigenvalue weighted by Gasteiger charge is 2.31. The maximum Gasteiger partial charge on any atom is 0.573 e. The number of halogens is 5. The van der Waals surface area contributed by atoms with Crippen LogP contribution in [0.1, 0.15) is 44.2 Å². The van der Waals surface area contributed by atoms with Gasteiger partial charge in [-0.05, 0) is 36.8 Å². The number of rotatable bonds is 12. The van der Waals surface area contributed by atoms with E-state index in [0.29, 0.717) is 0 Å². The molecule has 42 heavy (non-hydrogen) atoms. The van der Waals surface area contributed by atoms with E-state index >= 15 is 0 Å². The fraction of sp³-hybridized carbons (Fsp3) is 0.320. The van der Waals surface area contributed by atoms with Crippen molar-refractivity contribution in [2.45, 2.75) is 52.1 Å². The lowest BCUT2D eigenvalue weighted by Crippen LogP contribution is -2.24. The number of benzene rings is 1. The molecule has 12 nitrogen and oxygen atoms in total. The molecule has 2 amide bonds. The zero-order chi connectivity index (χ0) is 30.3. The summed E-state index contributed by atoms with van der Waals surface area (Å²) in [6.45, 7) is 1.50. The lowest BCUT2D eigenvalue weighted by Gasteiger charge is -2.11. The van der Waals surface area contributed by atoms with Gasteiger partial charge in [-0.1, -0.05) is 16.5 Å². The van der Waals surface area contributed by atoms with Crippen molar-refractivity contribution in [3.05, 3.63) is 82.9 Å². The van der Waals surface area contributed by atoms with Gasteiger partial charge in [-0.3, -0.25) is 19.3 Å². The Morgan fingerprint density at radius 2 is 1.64 bits per heavy atom. The Morgan fingerprint density at radius 3 is 2.31 bits per heavy atom. The molecule has 222 valence electrons. The number of nitrogens with zero attached hydrogens (tertiary/aromatic N) is 7. The summed E-state index contributed by atoms with van der Waals surface area (Å²) in [4.78, 5) is 28.8. The highest BCUT2D eigenvalue weighted by Crippen LogP contribution is 2.24. The highest BCUT2D eigenvalue weighted by molar-refractivity contribution is 5.92. The van der Waals surface area contributed by atoms with Crippen molar-refractivity contribution in [1.29, 1.82) is 0 Å². The molecule has 17 heteroatoms. The van der Waals surface area contributed by atoms with Gasteiger partial charge in [0.15, 0.2) is 11.4 Å². The molecule has 4 aromatic rings. The molecule has 1 unspecified atom stereocenters. The molecule has 0 radical (unpaired) electrons. The largest absolute Gasteiger partial charge is 0.573 e. The van der Waals surface area contributed by atoms with E-state index in [1.54, 1.807) is 6.20 Å². The van der Waals surface area contributed by atoms with Crippen molar-refractivity contribution in [2.24, 2.45) is 0 Å². The molecular weight excluding hydrogens is 569 g/mol. The van der Waals surface area contributed by atoms with Gasteiger partial charge in [0, 0.05) is 43.5 Å². The quantitative estimate of drug-likeness (QED) is 0.239. The number of ether oxygens (including phenoxy) is 1. The third-order valence-corrected chi connectivity index (χ3v) is 5.72. The second-order valence-corrected chi connectivity index (χ2v) is 9.05. The number of carbonyl (C=O) groups excluding carboxylic acids is 2. The molecule has 0 saturated heterocycles. The van der Waals surface area contributed by atoms with Gasteiger partial charge in [0.05, 0.1) is 18.9 Å². The molecule has 0 bridgehead atoms. The lowest BCUT2D eigenvalue weighted by atomic mass is 10.2. The molecule has 4 rings (SSSR count). The first-order valence-corrected chi connectivity index (χ1v) is 12.4. The Balaban J connectivity index is 1.22. The molecule has 0 fully saturated rings. The third-order valence-electron chi connectivity index (χ3n) is 5.72. The van der Waals surface area contributed by atoms with Gasteiger partial charge in [-0.25, -0.2) is 13.5 Å². The van der Waals surface area contributed by atoms with Gasteiger partial charge in [0.2, 0.25) is 0 Å². The van der Waals surface area contributed by atoms with Gasteiger partial charge in [0.25, 0.3) is 11.8 Å². The second-order valence-electron chi connectivity index (χ2n) is 9.05. The maximum absolute atomic E-state index is 14.6. The number of carbonyl (C=O) groups is 2. The van der Waals surface area contributed by atoms with E-state index in [2.05, 4.69) is 41.0 Å². The van der Waals surface area contributed by atoms with E-state index in [4.69, 9.17) is 0 Å². The smallest absolute Gasteiger partial charge is 0.406 e. The number of nitrogens with one attached hydrogen (secondary N) is 2. The number of alkyl halides is 4. The third kappa shape index (κ3) is 8.77. The van der Waals surface area contributed by atoms with E-state index in [-0.39, 0.29) is 43.0 Å². The summed E-state index contributed by atoms with van der Waals surface area (Å²) in [6, 6.07) is 6.05. The summed E-state index contributed by atoms with van der Waals surface area (Å²) < 4.78 is 71.9. The predicted octanol–water partition coefficient (Wildman–Crippen LogP) is 2.90. The monoisotopic (exact) mass is 593 g/mol. The SMILES string of the molecule is Cc1ccc(CNC(=O)c2cn(CCC(F)Cn3cc(C(=O)NCc4cc(OC(F)(F)F)ccc4F)nn3)nn2)cn1. The van der Waals surface area contributed by atoms with Crippen molar-refractivity contribution >= 4 is 11.8 Å². The molecule has 0 saturated carbocycles. The highest BCUT2D eigenvalue weighted by atomic mass is 19.4. The van der Waals surface area contributed by atoms with Crippen LogP contribution < -0.4 is 15.4 Å². The topological polar surface area (TPSA) is 142 Å². The van der Waals surface area contributed by atoms with E-state index in [1.807, 2.05) is 19.1 Å². The molecule has 3 heterocycles. The fourth-order valence-electron chi connectivity index (χ4n) is 3.60. The van der Waals surface area contributed by atoms with Gasteiger partial charge >= 0.3 is 6.36 Å². The van der Waals surface area contributed by atoms with Crippen molar-refractivity contribution in [1.82, 2.24) is 45.6 Å². The van der Waals surface area contributed by atoms with Crippen LogP contribution in [0.15, 0.2) is 48.9 Å². The molecule has 1 atom stereocenters. The first kappa shape index (κ1) is 30.0. The number of hydrogen-bond acceptors (Lipinski definition) is 8. The summed E-state index contributed by atoms with van der Waals surface area (Å²) in [5.41, 5.74) is 1.27. The van der Waals surface area contributed by atoms with Crippen molar-refractivity contribution in [3.63, 3.8) is 0 Å². The Hall–Kier alpha value is -4.96. The number of hydrogen-bond donors (Lipinski definition) is 2. The number of pyridine rings is 1. The van der Waals surface area contributed by atoms with E-state index in [0.717, 1.165) is 34.1 Å². The van der Waals surface area contributed by atoms with Crippen molar-refractivity contribution in [2.75, 3.05) is 0 Å². The first-order valence-electron chi connectivity index (χ1n) is 12.4. The molecule has 0 aliphatic heterocycles. The lowest BCUT2D eigenvalue weighted by molar-refractivity contribution is -0.274. The van der Waals surface area contributed by atoms with Gasteiger partial charge in [-0.2, -0.15) is 0 Å². The van der Waals surface area contributed by atoms with Crippen molar-refractivity contribution < 1.29 is 36.3 Å². The maximum atomic E-state index is 14.6. The predicted molar refractivity (Wildman–Crippen MR) is 134 cm³/mol. The molecule has 3 aromatic heterocycles. The van der Waals surface area contributed by atoms with E-state index in [1.165, 1.54) is 17.1 Å². The average Bonchev–Trinajstić information content (AvgIpc) is 3.61. The van der Waals surface area contributed by atoms with Crippen LogP contribution in [-0.4, -0.2) is 59.3 Å². The molecule has 0 aliphatic carbocycles. The Morgan fingerprint density at radius 1 is 0.976 bits per heavy atom. The van der Waals surface area contributed by atoms with Crippen LogP contribution >= 0.6 is 0 Å². The number of aromatic nitrogens is 7. The summed E-state index contributed by atoms with van der Waals surface area (Å²) in [7, 11) is 0. The Labute approximate surface area is 234 Å².